The number of aliphatic imine (C=N–C) groups is 1. The Kier molecular flexibility index (Phi) is 8.44. The molecule has 1 aromatic rings. The molecular weight excluding hydrogens is 368 g/mol. The standard InChI is InChI=1S/C22H38N4O3/c1-8-23-21(24-14-20(29-7)22(2,3)4)25-16-9-10-26(15-16)17-11-18(27-5)13-19(12-17)28-6/h11-13,16,20H,8-10,14-15H2,1-7H3,(H2,23,24,25). The number of nitrogens with one attached hydrogen (secondary N) is 2. The molecule has 7 nitrogen and oxygen atoms in total. The molecule has 0 aliphatic carbocycles. The highest BCUT2D eigenvalue weighted by Gasteiger charge is 2.26. The minimum absolute atomic E-state index is 0.0468. The molecule has 2 rings (SSSR count). The zero-order chi connectivity index (χ0) is 21.4. The van der Waals surface area contributed by atoms with E-state index in [1.165, 1.54) is 0 Å². The number of methoxy groups -OCH3 is 3. The van der Waals surface area contributed by atoms with E-state index < -0.39 is 0 Å². The van der Waals surface area contributed by atoms with Crippen molar-refractivity contribution >= 4 is 11.6 Å². The van der Waals surface area contributed by atoms with E-state index in [1.807, 2.05) is 6.07 Å². The summed E-state index contributed by atoms with van der Waals surface area (Å²) in [7, 11) is 5.11. The van der Waals surface area contributed by atoms with Gasteiger partial charge in [0.25, 0.3) is 0 Å². The van der Waals surface area contributed by atoms with Crippen molar-refractivity contribution in [2.75, 3.05) is 52.4 Å². The number of ether oxygens (including phenoxy) is 3. The number of hydrogen-bond donors (Lipinski definition) is 2. The van der Waals surface area contributed by atoms with Crippen molar-refractivity contribution in [3.63, 3.8) is 0 Å². The molecule has 29 heavy (non-hydrogen) atoms. The molecule has 1 heterocycles. The van der Waals surface area contributed by atoms with Crippen LogP contribution in [-0.4, -0.2) is 65.6 Å². The van der Waals surface area contributed by atoms with Gasteiger partial charge in [0.15, 0.2) is 5.96 Å². The normalized spacial score (nSPS) is 18.5. The first-order valence-corrected chi connectivity index (χ1v) is 10.4. The molecule has 7 heteroatoms. The molecule has 1 aliphatic rings. The Morgan fingerprint density at radius 1 is 1.17 bits per heavy atom. The summed E-state index contributed by atoms with van der Waals surface area (Å²) in [5.74, 6) is 2.45. The van der Waals surface area contributed by atoms with Crippen LogP contribution in [0.4, 0.5) is 5.69 Å². The second-order valence-corrected chi connectivity index (χ2v) is 8.46. The molecular formula is C22H38N4O3. The fraction of sp³-hybridized carbons (Fsp3) is 0.682. The van der Waals surface area contributed by atoms with Crippen molar-refractivity contribution in [2.24, 2.45) is 10.4 Å². The lowest BCUT2D eigenvalue weighted by molar-refractivity contribution is 0.0241. The summed E-state index contributed by atoms with van der Waals surface area (Å²) in [6.45, 7) is 11.9. The van der Waals surface area contributed by atoms with E-state index in [9.17, 15) is 0 Å². The SMILES string of the molecule is CCNC(=NCC(OC)C(C)(C)C)NC1CCN(c2cc(OC)cc(OC)c2)C1. The Bertz CT molecular complexity index is 650. The van der Waals surface area contributed by atoms with Crippen LogP contribution in [0.2, 0.25) is 0 Å². The van der Waals surface area contributed by atoms with Gasteiger partial charge in [0, 0.05) is 56.7 Å². The maximum atomic E-state index is 5.64. The van der Waals surface area contributed by atoms with Crippen molar-refractivity contribution in [2.45, 2.75) is 46.3 Å². The third kappa shape index (κ3) is 6.70. The van der Waals surface area contributed by atoms with Crippen LogP contribution in [0.1, 0.15) is 34.1 Å². The highest BCUT2D eigenvalue weighted by Crippen LogP contribution is 2.30. The van der Waals surface area contributed by atoms with Gasteiger partial charge in [0.05, 0.1) is 26.9 Å². The van der Waals surface area contributed by atoms with Crippen molar-refractivity contribution in [1.82, 2.24) is 10.6 Å². The average molecular weight is 407 g/mol. The molecule has 0 amide bonds. The number of benzene rings is 1. The molecule has 164 valence electrons. The Morgan fingerprint density at radius 3 is 2.34 bits per heavy atom. The van der Waals surface area contributed by atoms with E-state index in [4.69, 9.17) is 19.2 Å². The summed E-state index contributed by atoms with van der Waals surface area (Å²) in [5.41, 5.74) is 1.16. The molecule has 1 fully saturated rings. The Hall–Kier alpha value is -2.15. The first kappa shape index (κ1) is 23.1. The summed E-state index contributed by atoms with van der Waals surface area (Å²) >= 11 is 0. The van der Waals surface area contributed by atoms with Crippen molar-refractivity contribution in [3.05, 3.63) is 18.2 Å². The zero-order valence-corrected chi connectivity index (χ0v) is 19.0. The molecule has 1 aromatic carbocycles. The van der Waals surface area contributed by atoms with E-state index in [-0.39, 0.29) is 11.5 Å². The number of rotatable bonds is 8. The lowest BCUT2D eigenvalue weighted by Gasteiger charge is -2.28. The minimum atomic E-state index is 0.0468. The molecule has 0 saturated carbocycles. The van der Waals surface area contributed by atoms with Gasteiger partial charge in [-0.15, -0.1) is 0 Å². The first-order valence-electron chi connectivity index (χ1n) is 10.4. The smallest absolute Gasteiger partial charge is 0.191 e. The fourth-order valence-electron chi connectivity index (χ4n) is 3.48. The Balaban J connectivity index is 2.03. The summed E-state index contributed by atoms with van der Waals surface area (Å²) in [6.07, 6.45) is 1.11. The van der Waals surface area contributed by atoms with E-state index in [0.717, 1.165) is 49.2 Å². The molecule has 2 atom stereocenters. The van der Waals surface area contributed by atoms with Gasteiger partial charge < -0.3 is 29.7 Å². The number of guanidine groups is 1. The van der Waals surface area contributed by atoms with Crippen LogP contribution < -0.4 is 25.0 Å². The maximum Gasteiger partial charge on any atom is 0.191 e. The van der Waals surface area contributed by atoms with Crippen molar-refractivity contribution in [1.29, 1.82) is 0 Å². The molecule has 0 spiro atoms. The number of hydrogen-bond acceptors (Lipinski definition) is 5. The van der Waals surface area contributed by atoms with Gasteiger partial charge in [0.2, 0.25) is 0 Å². The van der Waals surface area contributed by atoms with Gasteiger partial charge in [-0.05, 0) is 18.8 Å². The zero-order valence-electron chi connectivity index (χ0n) is 19.0. The second-order valence-electron chi connectivity index (χ2n) is 8.46. The summed E-state index contributed by atoms with van der Waals surface area (Å²) in [6, 6.07) is 6.32. The number of nitrogens with zero attached hydrogens (tertiary/aromatic N) is 2. The van der Waals surface area contributed by atoms with Gasteiger partial charge in [-0.1, -0.05) is 20.8 Å². The minimum Gasteiger partial charge on any atom is -0.497 e. The van der Waals surface area contributed by atoms with E-state index in [0.29, 0.717) is 12.6 Å². The molecule has 1 saturated heterocycles. The third-order valence-electron chi connectivity index (χ3n) is 5.24. The van der Waals surface area contributed by atoms with Gasteiger partial charge in [-0.3, -0.25) is 4.99 Å². The summed E-state index contributed by atoms with van der Waals surface area (Å²) in [4.78, 5) is 7.12. The first-order chi connectivity index (χ1) is 13.8. The second kappa shape index (κ2) is 10.6. The molecule has 0 radical (unpaired) electrons. The highest BCUT2D eigenvalue weighted by atomic mass is 16.5. The van der Waals surface area contributed by atoms with Gasteiger partial charge in [0.1, 0.15) is 11.5 Å². The summed E-state index contributed by atoms with van der Waals surface area (Å²) in [5, 5.41) is 6.94. The monoisotopic (exact) mass is 406 g/mol. The van der Waals surface area contributed by atoms with Crippen LogP contribution in [0.5, 0.6) is 11.5 Å². The molecule has 2 unspecified atom stereocenters. The van der Waals surface area contributed by atoms with Crippen molar-refractivity contribution in [3.8, 4) is 11.5 Å². The highest BCUT2D eigenvalue weighted by molar-refractivity contribution is 5.80. The lowest BCUT2D eigenvalue weighted by atomic mass is 9.89. The Morgan fingerprint density at radius 2 is 1.83 bits per heavy atom. The molecule has 0 aromatic heterocycles. The summed E-state index contributed by atoms with van der Waals surface area (Å²) < 4.78 is 16.5. The maximum absolute atomic E-state index is 5.64. The average Bonchev–Trinajstić information content (AvgIpc) is 3.15. The quantitative estimate of drug-likeness (QED) is 0.511. The van der Waals surface area contributed by atoms with Gasteiger partial charge >= 0.3 is 0 Å². The topological polar surface area (TPSA) is 67.4 Å². The van der Waals surface area contributed by atoms with Crippen molar-refractivity contribution < 1.29 is 14.2 Å². The molecule has 0 bridgehead atoms. The molecule has 2 N–H and O–H groups in total. The Labute approximate surface area is 175 Å². The molecule has 1 aliphatic heterocycles. The predicted molar refractivity (Wildman–Crippen MR) is 120 cm³/mol. The van der Waals surface area contributed by atoms with E-state index in [1.54, 1.807) is 21.3 Å². The van der Waals surface area contributed by atoms with Crippen LogP contribution in [-0.2, 0) is 4.74 Å². The van der Waals surface area contributed by atoms with Gasteiger partial charge in [-0.25, -0.2) is 0 Å². The van der Waals surface area contributed by atoms with Crippen LogP contribution in [0.25, 0.3) is 0 Å². The van der Waals surface area contributed by atoms with Crippen LogP contribution in [0, 0.1) is 5.41 Å². The van der Waals surface area contributed by atoms with Gasteiger partial charge in [-0.2, -0.15) is 0 Å². The lowest BCUT2D eigenvalue weighted by Crippen LogP contribution is -2.45. The van der Waals surface area contributed by atoms with Crippen LogP contribution in [0.15, 0.2) is 23.2 Å². The fourth-order valence-corrected chi connectivity index (χ4v) is 3.48. The van der Waals surface area contributed by atoms with E-state index >= 15 is 0 Å². The van der Waals surface area contributed by atoms with Crippen LogP contribution in [0.3, 0.4) is 0 Å². The largest absolute Gasteiger partial charge is 0.497 e. The predicted octanol–water partition coefficient (Wildman–Crippen LogP) is 2.90. The van der Waals surface area contributed by atoms with E-state index in [2.05, 4.69) is 55.4 Å². The number of anilines is 1. The van der Waals surface area contributed by atoms with Crippen LogP contribution >= 0.6 is 0 Å². The third-order valence-corrected chi connectivity index (χ3v) is 5.24.